The summed E-state index contributed by atoms with van der Waals surface area (Å²) in [6.07, 6.45) is 1.27. The lowest BCUT2D eigenvalue weighted by atomic mass is 9.90. The van der Waals surface area contributed by atoms with E-state index < -0.39 is 0 Å². The third-order valence-electron chi connectivity index (χ3n) is 4.17. The van der Waals surface area contributed by atoms with Crippen LogP contribution in [-0.4, -0.2) is 31.1 Å². The molecule has 1 N–H and O–H groups in total. The Kier molecular flexibility index (Phi) is 4.82. The van der Waals surface area contributed by atoms with E-state index in [1.54, 1.807) is 0 Å². The highest BCUT2D eigenvalue weighted by atomic mass is 32.1. The summed E-state index contributed by atoms with van der Waals surface area (Å²) < 4.78 is 0. The molecule has 2 nitrogen and oxygen atoms in total. The van der Waals surface area contributed by atoms with Crippen molar-refractivity contribution in [2.24, 2.45) is 11.8 Å². The molecule has 18 heavy (non-hydrogen) atoms. The monoisotopic (exact) mass is 266 g/mol. The molecule has 3 unspecified atom stereocenters. The van der Waals surface area contributed by atoms with Crippen LogP contribution in [0.4, 0.5) is 0 Å². The molecule has 1 aliphatic rings. The first-order chi connectivity index (χ1) is 8.63. The minimum absolute atomic E-state index is 0.602. The molecular weight excluding hydrogens is 240 g/mol. The van der Waals surface area contributed by atoms with E-state index in [9.17, 15) is 0 Å². The molecule has 1 aromatic rings. The highest BCUT2D eigenvalue weighted by molar-refractivity contribution is 7.10. The van der Waals surface area contributed by atoms with Crippen LogP contribution in [-0.2, 0) is 0 Å². The molecule has 0 spiro atoms. The van der Waals surface area contributed by atoms with Crippen LogP contribution in [0.3, 0.4) is 0 Å². The van der Waals surface area contributed by atoms with E-state index in [1.807, 2.05) is 11.3 Å². The van der Waals surface area contributed by atoms with Gasteiger partial charge in [0.1, 0.15) is 0 Å². The number of nitrogens with one attached hydrogen (secondary N) is 1. The van der Waals surface area contributed by atoms with Crippen molar-refractivity contribution in [3.8, 4) is 0 Å². The number of thiophene rings is 1. The van der Waals surface area contributed by atoms with Crippen molar-refractivity contribution in [3.63, 3.8) is 0 Å². The van der Waals surface area contributed by atoms with Gasteiger partial charge in [-0.15, -0.1) is 11.3 Å². The molecular formula is C15H26N2S. The minimum atomic E-state index is 0.602. The first kappa shape index (κ1) is 14.0. The normalized spacial score (nSPS) is 27.6. The predicted molar refractivity (Wildman–Crippen MR) is 80.1 cm³/mol. The molecule has 0 aliphatic carbocycles. The van der Waals surface area contributed by atoms with E-state index in [1.165, 1.54) is 24.4 Å². The third-order valence-corrected chi connectivity index (χ3v) is 5.11. The number of hydrogen-bond acceptors (Lipinski definition) is 3. The molecule has 2 heterocycles. The van der Waals surface area contributed by atoms with Crippen LogP contribution in [0.15, 0.2) is 17.5 Å². The fraction of sp³-hybridized carbons (Fsp3) is 0.733. The summed E-state index contributed by atoms with van der Waals surface area (Å²) in [6.45, 7) is 9.50. The average Bonchev–Trinajstić information content (AvgIpc) is 2.82. The lowest BCUT2D eigenvalue weighted by Gasteiger charge is -2.42. The largest absolute Gasteiger partial charge is 0.317 e. The Balaban J connectivity index is 2.09. The molecule has 1 saturated heterocycles. The standard InChI is InChI=1S/C15H26N2S/c1-11(2)15(14-6-5-9-18-14)17-8-7-13(16-4)12(3)10-17/h5-6,9,11-13,15-16H,7-8,10H2,1-4H3. The van der Waals surface area contributed by atoms with E-state index in [-0.39, 0.29) is 0 Å². The van der Waals surface area contributed by atoms with Crippen molar-refractivity contribution >= 4 is 11.3 Å². The van der Waals surface area contributed by atoms with Crippen LogP contribution in [0.25, 0.3) is 0 Å². The zero-order chi connectivity index (χ0) is 13.1. The number of hydrogen-bond donors (Lipinski definition) is 1. The second-order valence-electron chi connectivity index (χ2n) is 5.86. The first-order valence-corrected chi connectivity index (χ1v) is 7.96. The molecule has 0 amide bonds. The van der Waals surface area contributed by atoms with Crippen molar-refractivity contribution < 1.29 is 0 Å². The maximum atomic E-state index is 3.45. The van der Waals surface area contributed by atoms with Gasteiger partial charge < -0.3 is 5.32 Å². The smallest absolute Gasteiger partial charge is 0.0464 e. The topological polar surface area (TPSA) is 15.3 Å². The Bertz CT molecular complexity index is 347. The van der Waals surface area contributed by atoms with Crippen LogP contribution in [0.2, 0.25) is 0 Å². The van der Waals surface area contributed by atoms with Gasteiger partial charge in [0.05, 0.1) is 0 Å². The number of rotatable bonds is 4. The van der Waals surface area contributed by atoms with Crippen molar-refractivity contribution in [2.75, 3.05) is 20.1 Å². The van der Waals surface area contributed by atoms with E-state index >= 15 is 0 Å². The zero-order valence-electron chi connectivity index (χ0n) is 12.0. The molecule has 0 saturated carbocycles. The SMILES string of the molecule is CNC1CCN(C(c2cccs2)C(C)C)CC1C. The van der Waals surface area contributed by atoms with Gasteiger partial charge in [0, 0.05) is 30.1 Å². The van der Waals surface area contributed by atoms with Crippen molar-refractivity contribution in [2.45, 2.75) is 39.3 Å². The van der Waals surface area contributed by atoms with Gasteiger partial charge in [0.15, 0.2) is 0 Å². The van der Waals surface area contributed by atoms with Crippen molar-refractivity contribution in [1.82, 2.24) is 10.2 Å². The molecule has 102 valence electrons. The molecule has 0 radical (unpaired) electrons. The van der Waals surface area contributed by atoms with Crippen LogP contribution < -0.4 is 5.32 Å². The predicted octanol–water partition coefficient (Wildman–Crippen LogP) is 3.38. The zero-order valence-corrected chi connectivity index (χ0v) is 12.8. The Hall–Kier alpha value is -0.380. The molecule has 3 atom stereocenters. The third kappa shape index (κ3) is 2.95. The lowest BCUT2D eigenvalue weighted by molar-refractivity contribution is 0.0843. The molecule has 1 fully saturated rings. The molecule has 0 bridgehead atoms. The number of likely N-dealkylation sites (tertiary alicyclic amines) is 1. The Morgan fingerprint density at radius 3 is 2.72 bits per heavy atom. The Morgan fingerprint density at radius 1 is 1.44 bits per heavy atom. The summed E-state index contributed by atoms with van der Waals surface area (Å²) in [4.78, 5) is 4.22. The van der Waals surface area contributed by atoms with E-state index in [0.29, 0.717) is 18.0 Å². The summed E-state index contributed by atoms with van der Waals surface area (Å²) in [5.41, 5.74) is 0. The van der Waals surface area contributed by atoms with E-state index in [2.05, 4.69) is 55.5 Å². The summed E-state index contributed by atoms with van der Waals surface area (Å²) in [5.74, 6) is 1.42. The first-order valence-electron chi connectivity index (χ1n) is 7.08. The lowest BCUT2D eigenvalue weighted by Crippen LogP contribution is -2.49. The molecule has 1 aromatic heterocycles. The Morgan fingerprint density at radius 2 is 2.22 bits per heavy atom. The van der Waals surface area contributed by atoms with Crippen molar-refractivity contribution in [3.05, 3.63) is 22.4 Å². The summed E-state index contributed by atoms with van der Waals surface area (Å²) in [6, 6.07) is 5.77. The fourth-order valence-corrected chi connectivity index (χ4v) is 4.28. The summed E-state index contributed by atoms with van der Waals surface area (Å²) in [7, 11) is 2.09. The van der Waals surface area contributed by atoms with Gasteiger partial charge in [-0.1, -0.05) is 26.8 Å². The van der Waals surface area contributed by atoms with Crippen LogP contribution >= 0.6 is 11.3 Å². The second-order valence-corrected chi connectivity index (χ2v) is 6.84. The molecule has 2 rings (SSSR count). The fourth-order valence-electron chi connectivity index (χ4n) is 3.25. The molecule has 1 aliphatic heterocycles. The molecule has 3 heteroatoms. The van der Waals surface area contributed by atoms with Gasteiger partial charge in [-0.25, -0.2) is 0 Å². The van der Waals surface area contributed by atoms with Crippen LogP contribution in [0.5, 0.6) is 0 Å². The van der Waals surface area contributed by atoms with Crippen LogP contribution in [0.1, 0.15) is 38.1 Å². The van der Waals surface area contributed by atoms with Crippen LogP contribution in [0, 0.1) is 11.8 Å². The Labute approximate surface area is 115 Å². The number of piperidine rings is 1. The second kappa shape index (κ2) is 6.18. The highest BCUT2D eigenvalue weighted by Crippen LogP contribution is 2.34. The highest BCUT2D eigenvalue weighted by Gasteiger charge is 2.31. The van der Waals surface area contributed by atoms with E-state index in [0.717, 1.165) is 5.92 Å². The van der Waals surface area contributed by atoms with Gasteiger partial charge >= 0.3 is 0 Å². The van der Waals surface area contributed by atoms with E-state index in [4.69, 9.17) is 0 Å². The number of nitrogens with zero attached hydrogens (tertiary/aromatic N) is 1. The maximum absolute atomic E-state index is 3.45. The van der Waals surface area contributed by atoms with Crippen molar-refractivity contribution in [1.29, 1.82) is 0 Å². The van der Waals surface area contributed by atoms with Gasteiger partial charge in [-0.05, 0) is 36.8 Å². The summed E-state index contributed by atoms with van der Waals surface area (Å²) >= 11 is 1.90. The average molecular weight is 266 g/mol. The van der Waals surface area contributed by atoms with Gasteiger partial charge in [0.2, 0.25) is 0 Å². The van der Waals surface area contributed by atoms with Gasteiger partial charge in [-0.3, -0.25) is 4.90 Å². The maximum Gasteiger partial charge on any atom is 0.0464 e. The quantitative estimate of drug-likeness (QED) is 0.899. The minimum Gasteiger partial charge on any atom is -0.317 e. The summed E-state index contributed by atoms with van der Waals surface area (Å²) in [5, 5.41) is 5.66. The molecule has 0 aromatic carbocycles. The van der Waals surface area contributed by atoms with Gasteiger partial charge in [0.25, 0.3) is 0 Å². The van der Waals surface area contributed by atoms with Gasteiger partial charge in [-0.2, -0.15) is 0 Å².